The number of benzene rings is 1. The molecular formula is C13H12ClFN2O. The molecule has 0 saturated heterocycles. The Kier molecular flexibility index (Phi) is 3.48. The molecule has 18 heavy (non-hydrogen) atoms. The number of hydrogen-bond donors (Lipinski definition) is 0. The third-order valence-corrected chi connectivity index (χ3v) is 2.80. The van der Waals surface area contributed by atoms with E-state index in [0.29, 0.717) is 5.69 Å². The van der Waals surface area contributed by atoms with Crippen LogP contribution in [0.5, 0.6) is 0 Å². The van der Waals surface area contributed by atoms with E-state index in [2.05, 4.69) is 5.10 Å². The predicted molar refractivity (Wildman–Crippen MR) is 67.5 cm³/mol. The SMILES string of the molecule is CC(C)n1nccc1C(=O)c1ccc(Cl)cc1F. The average Bonchev–Trinajstić information content (AvgIpc) is 2.77. The molecule has 0 aliphatic heterocycles. The lowest BCUT2D eigenvalue weighted by atomic mass is 10.1. The molecule has 0 aliphatic carbocycles. The molecule has 0 spiro atoms. The van der Waals surface area contributed by atoms with E-state index in [4.69, 9.17) is 11.6 Å². The molecule has 1 aromatic heterocycles. The van der Waals surface area contributed by atoms with Crippen molar-refractivity contribution in [2.45, 2.75) is 19.9 Å². The van der Waals surface area contributed by atoms with Crippen LogP contribution in [0.25, 0.3) is 0 Å². The number of rotatable bonds is 3. The van der Waals surface area contributed by atoms with Gasteiger partial charge in [-0.25, -0.2) is 4.39 Å². The van der Waals surface area contributed by atoms with E-state index in [1.54, 1.807) is 10.7 Å². The maximum absolute atomic E-state index is 13.7. The fourth-order valence-corrected chi connectivity index (χ4v) is 1.88. The summed E-state index contributed by atoms with van der Waals surface area (Å²) in [4.78, 5) is 12.2. The lowest BCUT2D eigenvalue weighted by Gasteiger charge is -2.10. The Morgan fingerprint density at radius 1 is 1.39 bits per heavy atom. The van der Waals surface area contributed by atoms with Gasteiger partial charge in [0.05, 0.1) is 5.56 Å². The van der Waals surface area contributed by atoms with E-state index in [-0.39, 0.29) is 16.6 Å². The fraction of sp³-hybridized carbons (Fsp3) is 0.231. The van der Waals surface area contributed by atoms with Crippen molar-refractivity contribution in [1.82, 2.24) is 9.78 Å². The van der Waals surface area contributed by atoms with Crippen molar-refractivity contribution in [3.05, 3.63) is 52.6 Å². The van der Waals surface area contributed by atoms with Crippen LogP contribution in [0.3, 0.4) is 0 Å². The lowest BCUT2D eigenvalue weighted by molar-refractivity contribution is 0.102. The first-order chi connectivity index (χ1) is 8.50. The van der Waals surface area contributed by atoms with Gasteiger partial charge in [-0.1, -0.05) is 11.6 Å². The van der Waals surface area contributed by atoms with E-state index in [1.165, 1.54) is 18.3 Å². The molecule has 2 aromatic rings. The minimum Gasteiger partial charge on any atom is -0.287 e. The number of ketones is 1. The van der Waals surface area contributed by atoms with Crippen molar-refractivity contribution in [1.29, 1.82) is 0 Å². The second kappa shape index (κ2) is 4.90. The zero-order chi connectivity index (χ0) is 13.3. The average molecular weight is 267 g/mol. The first kappa shape index (κ1) is 12.8. The molecule has 1 aromatic carbocycles. The van der Waals surface area contributed by atoms with Crippen LogP contribution in [0.15, 0.2) is 30.5 Å². The fourth-order valence-electron chi connectivity index (χ4n) is 1.72. The van der Waals surface area contributed by atoms with Crippen LogP contribution < -0.4 is 0 Å². The van der Waals surface area contributed by atoms with Gasteiger partial charge < -0.3 is 0 Å². The van der Waals surface area contributed by atoms with Crippen molar-refractivity contribution >= 4 is 17.4 Å². The third-order valence-electron chi connectivity index (χ3n) is 2.57. The van der Waals surface area contributed by atoms with Gasteiger partial charge in [0.25, 0.3) is 0 Å². The van der Waals surface area contributed by atoms with Gasteiger partial charge in [0, 0.05) is 17.3 Å². The van der Waals surface area contributed by atoms with Gasteiger partial charge in [-0.15, -0.1) is 0 Å². The Labute approximate surface area is 109 Å². The molecule has 0 atom stereocenters. The molecule has 0 saturated carbocycles. The van der Waals surface area contributed by atoms with Crippen LogP contribution in [-0.4, -0.2) is 15.6 Å². The Morgan fingerprint density at radius 3 is 2.72 bits per heavy atom. The highest BCUT2D eigenvalue weighted by molar-refractivity contribution is 6.30. The van der Waals surface area contributed by atoms with E-state index >= 15 is 0 Å². The molecule has 0 amide bonds. The standard InChI is InChI=1S/C13H12ClFN2O/c1-8(2)17-12(5-6-16-17)13(18)10-4-3-9(14)7-11(10)15/h3-8H,1-2H3. The van der Waals surface area contributed by atoms with Crippen LogP contribution in [0, 0.1) is 5.82 Å². The summed E-state index contributed by atoms with van der Waals surface area (Å²) in [6.07, 6.45) is 1.53. The smallest absolute Gasteiger partial charge is 0.213 e. The molecule has 0 bridgehead atoms. The number of halogens is 2. The van der Waals surface area contributed by atoms with Crippen LogP contribution in [0.4, 0.5) is 4.39 Å². The van der Waals surface area contributed by atoms with Crippen LogP contribution in [0.1, 0.15) is 35.9 Å². The molecule has 2 rings (SSSR count). The van der Waals surface area contributed by atoms with E-state index in [0.717, 1.165) is 6.07 Å². The molecule has 3 nitrogen and oxygen atoms in total. The molecule has 94 valence electrons. The van der Waals surface area contributed by atoms with Gasteiger partial charge in [-0.3, -0.25) is 9.48 Å². The normalized spacial score (nSPS) is 10.9. The summed E-state index contributed by atoms with van der Waals surface area (Å²) in [7, 11) is 0. The zero-order valence-electron chi connectivity index (χ0n) is 10.0. The van der Waals surface area contributed by atoms with Crippen molar-refractivity contribution in [3.8, 4) is 0 Å². The van der Waals surface area contributed by atoms with Gasteiger partial charge >= 0.3 is 0 Å². The Bertz CT molecular complexity index is 592. The summed E-state index contributed by atoms with van der Waals surface area (Å²) >= 11 is 5.66. The molecule has 0 radical (unpaired) electrons. The highest BCUT2D eigenvalue weighted by atomic mass is 35.5. The summed E-state index contributed by atoms with van der Waals surface area (Å²) in [5, 5.41) is 4.32. The van der Waals surface area contributed by atoms with Crippen LogP contribution in [0.2, 0.25) is 5.02 Å². The number of hydrogen-bond acceptors (Lipinski definition) is 2. The number of aromatic nitrogens is 2. The Morgan fingerprint density at radius 2 is 2.11 bits per heavy atom. The van der Waals surface area contributed by atoms with Crippen molar-refractivity contribution in [2.24, 2.45) is 0 Å². The largest absolute Gasteiger partial charge is 0.287 e. The molecule has 0 N–H and O–H groups in total. The van der Waals surface area contributed by atoms with Crippen molar-refractivity contribution in [3.63, 3.8) is 0 Å². The quantitative estimate of drug-likeness (QED) is 0.797. The maximum Gasteiger partial charge on any atom is 0.213 e. The van der Waals surface area contributed by atoms with Gasteiger partial charge in [0.15, 0.2) is 0 Å². The van der Waals surface area contributed by atoms with Gasteiger partial charge in [0.2, 0.25) is 5.78 Å². The monoisotopic (exact) mass is 266 g/mol. The summed E-state index contributed by atoms with van der Waals surface area (Å²) < 4.78 is 15.3. The molecule has 0 aliphatic rings. The minimum atomic E-state index is -0.621. The van der Waals surface area contributed by atoms with Crippen LogP contribution >= 0.6 is 11.6 Å². The van der Waals surface area contributed by atoms with Gasteiger partial charge in [-0.2, -0.15) is 5.10 Å². The van der Waals surface area contributed by atoms with Gasteiger partial charge in [0.1, 0.15) is 11.5 Å². The summed E-state index contributed by atoms with van der Waals surface area (Å²) in [5.74, 6) is -1.01. The maximum atomic E-state index is 13.7. The first-order valence-corrected chi connectivity index (χ1v) is 5.91. The van der Waals surface area contributed by atoms with Crippen molar-refractivity contribution < 1.29 is 9.18 Å². The second-order valence-corrected chi connectivity index (χ2v) is 4.64. The summed E-state index contributed by atoms with van der Waals surface area (Å²) in [6.45, 7) is 3.81. The first-order valence-electron chi connectivity index (χ1n) is 5.54. The molecule has 5 heteroatoms. The predicted octanol–water partition coefficient (Wildman–Crippen LogP) is 3.49. The molecule has 0 unspecified atom stereocenters. The highest BCUT2D eigenvalue weighted by Crippen LogP contribution is 2.19. The van der Waals surface area contributed by atoms with E-state index < -0.39 is 11.6 Å². The molecular weight excluding hydrogens is 255 g/mol. The topological polar surface area (TPSA) is 34.9 Å². The number of carbonyl (C=O) groups is 1. The lowest BCUT2D eigenvalue weighted by Crippen LogP contribution is -2.14. The summed E-state index contributed by atoms with van der Waals surface area (Å²) in [6, 6.07) is 5.63. The minimum absolute atomic E-state index is 0.00167. The second-order valence-electron chi connectivity index (χ2n) is 4.21. The van der Waals surface area contributed by atoms with E-state index in [1.807, 2.05) is 13.8 Å². The zero-order valence-corrected chi connectivity index (χ0v) is 10.8. The molecule has 0 fully saturated rings. The molecule has 1 heterocycles. The number of nitrogens with zero attached hydrogens (tertiary/aromatic N) is 2. The van der Waals surface area contributed by atoms with Crippen molar-refractivity contribution in [2.75, 3.05) is 0 Å². The Balaban J connectivity index is 2.45. The number of carbonyl (C=O) groups excluding carboxylic acids is 1. The van der Waals surface area contributed by atoms with Crippen LogP contribution in [-0.2, 0) is 0 Å². The van der Waals surface area contributed by atoms with Gasteiger partial charge in [-0.05, 0) is 38.1 Å². The Hall–Kier alpha value is -1.68. The van der Waals surface area contributed by atoms with E-state index in [9.17, 15) is 9.18 Å². The highest BCUT2D eigenvalue weighted by Gasteiger charge is 2.19. The third kappa shape index (κ3) is 2.29. The summed E-state index contributed by atoms with van der Waals surface area (Å²) in [5.41, 5.74) is 0.369.